The van der Waals surface area contributed by atoms with E-state index in [1.54, 1.807) is 31.6 Å². The quantitative estimate of drug-likeness (QED) is 0.372. The van der Waals surface area contributed by atoms with Gasteiger partial charge in [0.25, 0.3) is 5.91 Å². The molecule has 1 aromatic carbocycles. The second-order valence-corrected chi connectivity index (χ2v) is 7.57. The Morgan fingerprint density at radius 1 is 1.21 bits per heavy atom. The van der Waals surface area contributed by atoms with Gasteiger partial charge in [0.2, 0.25) is 0 Å². The predicted octanol–water partition coefficient (Wildman–Crippen LogP) is 2.88. The molecule has 0 aliphatic rings. The number of nitrogens with two attached hydrogens (primary N) is 2. The number of carbonyl (C=O) groups excluding carboxylic acids is 1. The van der Waals surface area contributed by atoms with E-state index in [4.69, 9.17) is 20.9 Å². The lowest BCUT2D eigenvalue weighted by Gasteiger charge is -2.15. The lowest BCUT2D eigenvalue weighted by molar-refractivity contribution is 0.0523. The highest BCUT2D eigenvalue weighted by Gasteiger charge is 2.20. The summed E-state index contributed by atoms with van der Waals surface area (Å²) in [7, 11) is 1.63. The van der Waals surface area contributed by atoms with Crippen molar-refractivity contribution in [1.29, 1.82) is 0 Å². The van der Waals surface area contributed by atoms with Crippen LogP contribution in [-0.2, 0) is 4.74 Å². The van der Waals surface area contributed by atoms with Crippen molar-refractivity contribution < 1.29 is 14.3 Å². The number of hydrogen-bond acceptors (Lipinski definition) is 8. The first kappa shape index (κ1) is 22.2. The van der Waals surface area contributed by atoms with Crippen LogP contribution in [0.1, 0.15) is 29.4 Å². The van der Waals surface area contributed by atoms with Gasteiger partial charge in [0, 0.05) is 24.3 Å². The van der Waals surface area contributed by atoms with E-state index >= 15 is 0 Å². The number of aromatic amines is 1. The first-order valence-corrected chi connectivity index (χ1v) is 10.4. The second kappa shape index (κ2) is 9.21. The Kier molecular flexibility index (Phi) is 6.18. The van der Waals surface area contributed by atoms with E-state index in [9.17, 15) is 4.79 Å². The van der Waals surface area contributed by atoms with Crippen LogP contribution in [0.5, 0.6) is 6.01 Å². The van der Waals surface area contributed by atoms with Crippen LogP contribution in [0.15, 0.2) is 36.7 Å². The first-order valence-electron chi connectivity index (χ1n) is 10.4. The molecule has 33 heavy (non-hydrogen) atoms. The van der Waals surface area contributed by atoms with E-state index < -0.39 is 5.91 Å². The Hall–Kier alpha value is -4.05. The monoisotopic (exact) mass is 447 g/mol. The SMILES string of the molecule is CCC(COc1nccc(-c2cc(-c3c(C)ccc4[nH]ncc34)c(N)c(C(N)=O)n2)n1)OC. The van der Waals surface area contributed by atoms with Gasteiger partial charge in [-0.1, -0.05) is 13.0 Å². The number of aryl methyl sites for hydroxylation is 1. The summed E-state index contributed by atoms with van der Waals surface area (Å²) in [5, 5.41) is 7.96. The molecule has 0 saturated heterocycles. The number of nitrogens with one attached hydrogen (secondary N) is 1. The number of anilines is 1. The van der Waals surface area contributed by atoms with Crippen LogP contribution in [0.3, 0.4) is 0 Å². The Morgan fingerprint density at radius 2 is 2.03 bits per heavy atom. The molecule has 4 aromatic rings. The lowest BCUT2D eigenvalue weighted by atomic mass is 9.94. The predicted molar refractivity (Wildman–Crippen MR) is 125 cm³/mol. The molecule has 0 spiro atoms. The Labute approximate surface area is 190 Å². The van der Waals surface area contributed by atoms with E-state index in [0.717, 1.165) is 28.5 Å². The summed E-state index contributed by atoms with van der Waals surface area (Å²) in [4.78, 5) is 25.2. The van der Waals surface area contributed by atoms with Crippen molar-refractivity contribution in [3.8, 4) is 28.5 Å². The van der Waals surface area contributed by atoms with Crippen LogP contribution >= 0.6 is 0 Å². The fourth-order valence-electron chi connectivity index (χ4n) is 3.64. The van der Waals surface area contributed by atoms with Gasteiger partial charge in [0.05, 0.1) is 34.9 Å². The number of nitrogens with zero attached hydrogens (tertiary/aromatic N) is 4. The third-order valence-corrected chi connectivity index (χ3v) is 5.48. The fraction of sp³-hybridized carbons (Fsp3) is 0.261. The number of primary amides is 1. The number of hydrogen-bond donors (Lipinski definition) is 3. The Bertz CT molecular complexity index is 1310. The van der Waals surface area contributed by atoms with Gasteiger partial charge in [-0.2, -0.15) is 10.1 Å². The van der Waals surface area contributed by atoms with Gasteiger partial charge in [0.15, 0.2) is 5.69 Å². The van der Waals surface area contributed by atoms with Crippen molar-refractivity contribution in [2.45, 2.75) is 26.4 Å². The molecule has 1 unspecified atom stereocenters. The van der Waals surface area contributed by atoms with E-state index in [1.165, 1.54) is 0 Å². The number of amides is 1. The van der Waals surface area contributed by atoms with Crippen molar-refractivity contribution in [2.24, 2.45) is 5.73 Å². The highest BCUT2D eigenvalue weighted by Crippen LogP contribution is 2.37. The average Bonchev–Trinajstić information content (AvgIpc) is 3.29. The topological polar surface area (TPSA) is 155 Å². The van der Waals surface area contributed by atoms with Crippen LogP contribution in [-0.4, -0.2) is 50.9 Å². The minimum Gasteiger partial charge on any atom is -0.461 e. The van der Waals surface area contributed by atoms with Gasteiger partial charge in [0.1, 0.15) is 6.61 Å². The maximum absolute atomic E-state index is 12.2. The standard InChI is InChI=1S/C23H25N7O3/c1-4-13(32-3)11-33-23-26-8-7-17(29-23)18-9-14(20(24)21(28-18)22(25)31)19-12(2)5-6-16-15(19)10-27-30-16/h5-10,13H,4,11,24H2,1-3H3,(H2,25,31)(H,27,30). The molecule has 170 valence electrons. The number of methoxy groups -OCH3 is 1. The molecule has 10 nitrogen and oxygen atoms in total. The minimum atomic E-state index is -0.732. The number of H-pyrrole nitrogens is 1. The van der Waals surface area contributed by atoms with Gasteiger partial charge in [-0.05, 0) is 42.7 Å². The summed E-state index contributed by atoms with van der Waals surface area (Å²) in [5.74, 6) is -0.732. The van der Waals surface area contributed by atoms with Gasteiger partial charge >= 0.3 is 6.01 Å². The van der Waals surface area contributed by atoms with Crippen molar-refractivity contribution in [3.63, 3.8) is 0 Å². The minimum absolute atomic E-state index is 0.0334. The molecule has 3 heterocycles. The van der Waals surface area contributed by atoms with Gasteiger partial charge in [-0.25, -0.2) is 9.97 Å². The third kappa shape index (κ3) is 4.33. The van der Waals surface area contributed by atoms with Gasteiger partial charge in [-0.15, -0.1) is 0 Å². The van der Waals surface area contributed by atoms with Crippen LogP contribution in [0.2, 0.25) is 0 Å². The average molecular weight is 447 g/mol. The molecule has 0 fully saturated rings. The van der Waals surface area contributed by atoms with Gasteiger partial charge in [-0.3, -0.25) is 9.89 Å². The number of benzene rings is 1. The maximum Gasteiger partial charge on any atom is 0.317 e. The summed E-state index contributed by atoms with van der Waals surface area (Å²) < 4.78 is 11.0. The zero-order chi connectivity index (χ0) is 23.5. The number of rotatable bonds is 8. The summed E-state index contributed by atoms with van der Waals surface area (Å²) in [6.07, 6.45) is 4.01. The normalized spacial score (nSPS) is 12.1. The number of carbonyl (C=O) groups is 1. The number of fused-ring (bicyclic) bond motifs is 1. The summed E-state index contributed by atoms with van der Waals surface area (Å²) >= 11 is 0. The van der Waals surface area contributed by atoms with Crippen molar-refractivity contribution >= 4 is 22.5 Å². The third-order valence-electron chi connectivity index (χ3n) is 5.48. The Morgan fingerprint density at radius 3 is 2.76 bits per heavy atom. The van der Waals surface area contributed by atoms with Crippen LogP contribution < -0.4 is 16.2 Å². The molecule has 0 radical (unpaired) electrons. The highest BCUT2D eigenvalue weighted by molar-refractivity contribution is 6.05. The van der Waals surface area contributed by atoms with E-state index in [0.29, 0.717) is 23.6 Å². The molecule has 5 N–H and O–H groups in total. The molecular weight excluding hydrogens is 422 g/mol. The number of ether oxygens (including phenoxy) is 2. The van der Waals surface area contributed by atoms with Crippen LogP contribution in [0.25, 0.3) is 33.4 Å². The van der Waals surface area contributed by atoms with Crippen molar-refractivity contribution in [2.75, 3.05) is 19.5 Å². The first-order chi connectivity index (χ1) is 15.9. The van der Waals surface area contributed by atoms with Crippen molar-refractivity contribution in [3.05, 3.63) is 47.9 Å². The molecule has 1 amide bonds. The number of pyridine rings is 1. The van der Waals surface area contributed by atoms with Crippen LogP contribution in [0.4, 0.5) is 5.69 Å². The largest absolute Gasteiger partial charge is 0.461 e. The van der Waals surface area contributed by atoms with Crippen LogP contribution in [0, 0.1) is 6.92 Å². The summed E-state index contributed by atoms with van der Waals surface area (Å²) in [6.45, 7) is 4.27. The molecule has 3 aromatic heterocycles. The number of aromatic nitrogens is 5. The zero-order valence-electron chi connectivity index (χ0n) is 18.6. The number of nitrogen functional groups attached to an aromatic ring is 1. The summed E-state index contributed by atoms with van der Waals surface area (Å²) in [6, 6.07) is 7.53. The molecule has 4 rings (SSSR count). The maximum atomic E-state index is 12.2. The molecule has 0 bridgehead atoms. The fourth-order valence-corrected chi connectivity index (χ4v) is 3.64. The highest BCUT2D eigenvalue weighted by atomic mass is 16.5. The van der Waals surface area contributed by atoms with E-state index in [2.05, 4.69) is 25.1 Å². The van der Waals surface area contributed by atoms with Gasteiger partial charge < -0.3 is 20.9 Å². The summed E-state index contributed by atoms with van der Waals surface area (Å²) in [5.41, 5.74) is 16.3. The zero-order valence-corrected chi connectivity index (χ0v) is 18.6. The Balaban J connectivity index is 1.84. The smallest absolute Gasteiger partial charge is 0.317 e. The van der Waals surface area contributed by atoms with E-state index in [-0.39, 0.29) is 23.5 Å². The molecule has 0 aliphatic heterocycles. The molecule has 0 saturated carbocycles. The van der Waals surface area contributed by atoms with Crippen molar-refractivity contribution in [1.82, 2.24) is 25.1 Å². The molecule has 0 aliphatic carbocycles. The molecule has 1 atom stereocenters. The lowest BCUT2D eigenvalue weighted by Crippen LogP contribution is -2.20. The second-order valence-electron chi connectivity index (χ2n) is 7.57. The molecule has 10 heteroatoms. The van der Waals surface area contributed by atoms with E-state index in [1.807, 2.05) is 26.0 Å². The molecular formula is C23H25N7O3.